The zero-order valence-electron chi connectivity index (χ0n) is 12.0. The van der Waals surface area contributed by atoms with E-state index in [0.717, 1.165) is 0 Å². The summed E-state index contributed by atoms with van der Waals surface area (Å²) in [5.74, 6) is 0. The molecule has 8 N–H and O–H groups in total. The Balaban J connectivity index is 1.94. The van der Waals surface area contributed by atoms with Gasteiger partial charge in [-0.25, -0.2) is 0 Å². The van der Waals surface area contributed by atoms with Crippen molar-refractivity contribution in [1.82, 2.24) is 0 Å². The van der Waals surface area contributed by atoms with E-state index < -0.39 is 74.6 Å². The second-order valence-electron chi connectivity index (χ2n) is 5.57. The van der Waals surface area contributed by atoms with Gasteiger partial charge in [-0.3, -0.25) is 0 Å². The molecular weight excluding hydrogens is 320 g/mol. The molecule has 2 fully saturated rings. The van der Waals surface area contributed by atoms with Crippen LogP contribution in [0.25, 0.3) is 0 Å². The minimum atomic E-state index is -1.74. The maximum Gasteiger partial charge on any atom is 0.186 e. The quantitative estimate of drug-likeness (QED) is 0.243. The van der Waals surface area contributed by atoms with Crippen molar-refractivity contribution < 1.29 is 55.1 Å². The predicted octanol–water partition coefficient (Wildman–Crippen LogP) is -5.40. The summed E-state index contributed by atoms with van der Waals surface area (Å²) in [6.07, 6.45) is -15.3. The van der Waals surface area contributed by atoms with Gasteiger partial charge < -0.3 is 55.1 Å². The van der Waals surface area contributed by atoms with Gasteiger partial charge in [0.15, 0.2) is 12.6 Å². The molecule has 2 aliphatic rings. The molecule has 2 aliphatic heterocycles. The largest absolute Gasteiger partial charge is 0.394 e. The SMILES string of the molecule is OC[C@H]1O[C@H](OC[C@H]2O[C@H](O)[C@@H](O)[C@@H](O)[C@H]2O)[C@H](O)[C@@H](O)[C@@H]1O. The Labute approximate surface area is 130 Å². The van der Waals surface area contributed by atoms with Crippen LogP contribution in [0.4, 0.5) is 0 Å². The van der Waals surface area contributed by atoms with E-state index in [0.29, 0.717) is 0 Å². The van der Waals surface area contributed by atoms with Crippen molar-refractivity contribution in [3.05, 3.63) is 0 Å². The third kappa shape index (κ3) is 3.81. The topological polar surface area (TPSA) is 190 Å². The predicted molar refractivity (Wildman–Crippen MR) is 68.6 cm³/mol. The second-order valence-corrected chi connectivity index (χ2v) is 5.57. The van der Waals surface area contributed by atoms with Crippen LogP contribution in [-0.4, -0.2) is 115 Å². The first kappa shape index (κ1) is 18.9. The molecule has 0 spiro atoms. The maximum atomic E-state index is 9.78. The van der Waals surface area contributed by atoms with Crippen LogP contribution in [-0.2, 0) is 14.2 Å². The van der Waals surface area contributed by atoms with Crippen LogP contribution in [0.2, 0.25) is 0 Å². The zero-order chi connectivity index (χ0) is 17.3. The fourth-order valence-electron chi connectivity index (χ4n) is 2.46. The molecule has 11 heteroatoms. The number of ether oxygens (including phenoxy) is 3. The molecule has 0 saturated carbocycles. The summed E-state index contributed by atoms with van der Waals surface area (Å²) in [6.45, 7) is -1.10. The van der Waals surface area contributed by atoms with Crippen LogP contribution in [0.3, 0.4) is 0 Å². The van der Waals surface area contributed by atoms with Crippen molar-refractivity contribution >= 4 is 0 Å². The van der Waals surface area contributed by atoms with Crippen LogP contribution < -0.4 is 0 Å². The molecule has 10 atom stereocenters. The Morgan fingerprint density at radius 2 is 1.22 bits per heavy atom. The number of hydrogen-bond donors (Lipinski definition) is 8. The Morgan fingerprint density at radius 3 is 1.83 bits per heavy atom. The average Bonchev–Trinajstić information content (AvgIpc) is 2.54. The fourth-order valence-corrected chi connectivity index (χ4v) is 2.46. The van der Waals surface area contributed by atoms with Crippen molar-refractivity contribution in [1.29, 1.82) is 0 Å². The summed E-state index contributed by atoms with van der Waals surface area (Å²) in [7, 11) is 0. The second kappa shape index (κ2) is 7.63. The van der Waals surface area contributed by atoms with E-state index in [2.05, 4.69) is 0 Å². The average molecular weight is 342 g/mol. The number of rotatable bonds is 4. The Hall–Kier alpha value is -0.440. The molecule has 2 rings (SSSR count). The molecule has 23 heavy (non-hydrogen) atoms. The molecule has 0 aliphatic carbocycles. The van der Waals surface area contributed by atoms with Crippen LogP contribution in [0, 0.1) is 0 Å². The van der Waals surface area contributed by atoms with Crippen molar-refractivity contribution in [3.63, 3.8) is 0 Å². The van der Waals surface area contributed by atoms with Gasteiger partial charge in [-0.2, -0.15) is 0 Å². The van der Waals surface area contributed by atoms with Crippen LogP contribution in [0.1, 0.15) is 0 Å². The lowest BCUT2D eigenvalue weighted by Gasteiger charge is -2.41. The van der Waals surface area contributed by atoms with Gasteiger partial charge in [-0.15, -0.1) is 0 Å². The molecule has 136 valence electrons. The van der Waals surface area contributed by atoms with Gasteiger partial charge in [0.1, 0.15) is 48.8 Å². The van der Waals surface area contributed by atoms with Crippen molar-refractivity contribution in [2.45, 2.75) is 61.4 Å². The summed E-state index contributed by atoms with van der Waals surface area (Å²) >= 11 is 0. The van der Waals surface area contributed by atoms with Crippen LogP contribution >= 0.6 is 0 Å². The van der Waals surface area contributed by atoms with E-state index in [1.807, 2.05) is 0 Å². The first-order valence-electron chi connectivity index (χ1n) is 7.07. The number of hydrogen-bond acceptors (Lipinski definition) is 11. The van der Waals surface area contributed by atoms with Crippen molar-refractivity contribution in [2.75, 3.05) is 13.2 Å². The maximum absolute atomic E-state index is 9.78. The van der Waals surface area contributed by atoms with E-state index in [-0.39, 0.29) is 0 Å². The fraction of sp³-hybridized carbons (Fsp3) is 1.00. The van der Waals surface area contributed by atoms with Crippen LogP contribution in [0.5, 0.6) is 0 Å². The van der Waals surface area contributed by atoms with Crippen LogP contribution in [0.15, 0.2) is 0 Å². The van der Waals surface area contributed by atoms with E-state index in [9.17, 15) is 35.7 Å². The number of aliphatic hydroxyl groups is 8. The van der Waals surface area contributed by atoms with E-state index >= 15 is 0 Å². The number of aliphatic hydroxyl groups excluding tert-OH is 8. The Bertz CT molecular complexity index is 380. The van der Waals surface area contributed by atoms with Gasteiger partial charge in [-0.1, -0.05) is 0 Å². The molecule has 11 nitrogen and oxygen atoms in total. The first-order valence-corrected chi connectivity index (χ1v) is 7.07. The smallest absolute Gasteiger partial charge is 0.186 e. The van der Waals surface area contributed by atoms with Crippen molar-refractivity contribution in [2.24, 2.45) is 0 Å². The monoisotopic (exact) mass is 342 g/mol. The van der Waals surface area contributed by atoms with E-state index in [4.69, 9.17) is 19.3 Å². The molecule has 0 aromatic rings. The minimum absolute atomic E-state index is 0.468. The molecule has 0 aromatic carbocycles. The molecule has 2 saturated heterocycles. The third-order valence-corrected chi connectivity index (χ3v) is 3.96. The molecule has 0 radical (unpaired) electrons. The van der Waals surface area contributed by atoms with Gasteiger partial charge in [0.05, 0.1) is 13.2 Å². The van der Waals surface area contributed by atoms with Gasteiger partial charge in [0, 0.05) is 0 Å². The van der Waals surface area contributed by atoms with Crippen molar-refractivity contribution in [3.8, 4) is 0 Å². The molecule has 0 amide bonds. The third-order valence-electron chi connectivity index (χ3n) is 3.96. The summed E-state index contributed by atoms with van der Waals surface area (Å²) < 4.78 is 15.1. The van der Waals surface area contributed by atoms with Gasteiger partial charge in [0.25, 0.3) is 0 Å². The Kier molecular flexibility index (Phi) is 6.27. The summed E-state index contributed by atoms with van der Waals surface area (Å²) in [5, 5.41) is 76.1. The summed E-state index contributed by atoms with van der Waals surface area (Å²) in [4.78, 5) is 0. The van der Waals surface area contributed by atoms with Gasteiger partial charge in [-0.05, 0) is 0 Å². The van der Waals surface area contributed by atoms with Gasteiger partial charge >= 0.3 is 0 Å². The highest BCUT2D eigenvalue weighted by molar-refractivity contribution is 4.91. The molecule has 0 aromatic heterocycles. The standard InChI is InChI=1S/C12H22O11/c13-1-3-5(14)8(17)10(19)12(23-3)21-2-4-6(15)7(16)9(18)11(20)22-4/h3-20H,1-2H2/t3-,4-,5-,6+,7+,8+,9+,10-,11+,12+/m1/s1. The van der Waals surface area contributed by atoms with E-state index in [1.54, 1.807) is 0 Å². The molecule has 2 heterocycles. The normalized spacial score (nSPS) is 51.7. The zero-order valence-corrected chi connectivity index (χ0v) is 12.0. The lowest BCUT2D eigenvalue weighted by atomic mass is 9.98. The highest BCUT2D eigenvalue weighted by Crippen LogP contribution is 2.24. The summed E-state index contributed by atoms with van der Waals surface area (Å²) in [5.41, 5.74) is 0. The minimum Gasteiger partial charge on any atom is -0.394 e. The first-order chi connectivity index (χ1) is 10.8. The molecular formula is C12H22O11. The Morgan fingerprint density at radius 1 is 0.652 bits per heavy atom. The highest BCUT2D eigenvalue weighted by Gasteiger charge is 2.46. The lowest BCUT2D eigenvalue weighted by molar-refractivity contribution is -0.325. The molecule has 0 unspecified atom stereocenters. The lowest BCUT2D eigenvalue weighted by Crippen LogP contribution is -2.61. The summed E-state index contributed by atoms with van der Waals surface area (Å²) in [6, 6.07) is 0. The van der Waals surface area contributed by atoms with Gasteiger partial charge in [0.2, 0.25) is 0 Å². The van der Waals surface area contributed by atoms with E-state index in [1.165, 1.54) is 0 Å². The highest BCUT2D eigenvalue weighted by atomic mass is 16.7. The molecule has 0 bridgehead atoms.